The zero-order chi connectivity index (χ0) is 17.6. The van der Waals surface area contributed by atoms with Crippen molar-refractivity contribution in [3.05, 3.63) is 16.5 Å². The van der Waals surface area contributed by atoms with Crippen molar-refractivity contribution in [2.24, 2.45) is 5.92 Å². The maximum Gasteiger partial charge on any atom is 0.223 e. The summed E-state index contributed by atoms with van der Waals surface area (Å²) in [7, 11) is 0. The number of piperidine rings is 1. The molecule has 1 aromatic rings. The van der Waals surface area contributed by atoms with Crippen molar-refractivity contribution in [2.75, 3.05) is 32.8 Å². The first-order chi connectivity index (χ1) is 12.1. The van der Waals surface area contributed by atoms with E-state index >= 15 is 0 Å². The van der Waals surface area contributed by atoms with E-state index < -0.39 is 0 Å². The van der Waals surface area contributed by atoms with Gasteiger partial charge in [-0.3, -0.25) is 4.79 Å². The topological polar surface area (TPSA) is 32.8 Å². The molecule has 0 bridgehead atoms. The van der Waals surface area contributed by atoms with Crippen molar-refractivity contribution >= 4 is 17.2 Å². The van der Waals surface area contributed by atoms with E-state index in [0.29, 0.717) is 12.3 Å². The molecule has 3 heterocycles. The number of rotatable bonds is 7. The van der Waals surface area contributed by atoms with E-state index in [-0.39, 0.29) is 5.91 Å². The summed E-state index contributed by atoms with van der Waals surface area (Å²) in [6, 6.07) is 2.16. The molecule has 0 N–H and O–H groups in total. The summed E-state index contributed by atoms with van der Waals surface area (Å²) in [4.78, 5) is 18.3. The lowest BCUT2D eigenvalue weighted by atomic mass is 10.1. The number of ether oxygens (including phenoxy) is 1. The summed E-state index contributed by atoms with van der Waals surface area (Å²) >= 11 is 1.78. The van der Waals surface area contributed by atoms with Crippen LogP contribution in [0.15, 0.2) is 6.07 Å². The standard InChI is InChI=1S/C20H32N2O2S/c1-16(2)13-19(23)22-11-7-18-17(15-22)14-20(25-18)24-12-6-10-21-8-4-3-5-9-21/h14,16H,3-13,15H2,1-2H3. The summed E-state index contributed by atoms with van der Waals surface area (Å²) < 4.78 is 6.00. The number of nitrogens with zero attached hydrogens (tertiary/aromatic N) is 2. The number of carbonyl (C=O) groups is 1. The lowest BCUT2D eigenvalue weighted by Gasteiger charge is -2.27. The minimum Gasteiger partial charge on any atom is -0.484 e. The second kappa shape index (κ2) is 9.04. The number of fused-ring (bicyclic) bond motifs is 1. The third kappa shape index (κ3) is 5.45. The maximum atomic E-state index is 12.3. The van der Waals surface area contributed by atoms with Crippen LogP contribution >= 0.6 is 11.3 Å². The minimum atomic E-state index is 0.288. The Morgan fingerprint density at radius 3 is 2.80 bits per heavy atom. The van der Waals surface area contributed by atoms with Crippen LogP contribution in [-0.4, -0.2) is 48.5 Å². The van der Waals surface area contributed by atoms with Crippen molar-refractivity contribution < 1.29 is 9.53 Å². The largest absolute Gasteiger partial charge is 0.484 e. The zero-order valence-electron chi connectivity index (χ0n) is 15.8. The number of thiophene rings is 1. The van der Waals surface area contributed by atoms with Gasteiger partial charge in [0, 0.05) is 30.9 Å². The highest BCUT2D eigenvalue weighted by molar-refractivity contribution is 7.14. The molecule has 0 unspecified atom stereocenters. The smallest absolute Gasteiger partial charge is 0.223 e. The second-order valence-corrected chi connectivity index (χ2v) is 8.88. The normalized spacial score (nSPS) is 18.4. The molecular weight excluding hydrogens is 332 g/mol. The molecule has 0 aliphatic carbocycles. The molecule has 1 fully saturated rings. The van der Waals surface area contributed by atoms with E-state index in [1.807, 2.05) is 4.90 Å². The number of hydrogen-bond donors (Lipinski definition) is 0. The van der Waals surface area contributed by atoms with Crippen LogP contribution in [0, 0.1) is 5.92 Å². The average Bonchev–Trinajstić information content (AvgIpc) is 3.01. The van der Waals surface area contributed by atoms with Gasteiger partial charge in [0.05, 0.1) is 6.61 Å². The van der Waals surface area contributed by atoms with Crippen LogP contribution in [0.25, 0.3) is 0 Å². The lowest BCUT2D eigenvalue weighted by molar-refractivity contribution is -0.132. The molecule has 140 valence electrons. The maximum absolute atomic E-state index is 12.3. The summed E-state index contributed by atoms with van der Waals surface area (Å²) in [5, 5.41) is 1.03. The fraction of sp³-hybridized carbons (Fsp3) is 0.750. The van der Waals surface area contributed by atoms with E-state index in [1.165, 1.54) is 42.8 Å². The highest BCUT2D eigenvalue weighted by Crippen LogP contribution is 2.33. The number of carbonyl (C=O) groups excluding carboxylic acids is 1. The van der Waals surface area contributed by atoms with Crippen LogP contribution < -0.4 is 4.74 Å². The molecule has 0 spiro atoms. The van der Waals surface area contributed by atoms with Gasteiger partial charge < -0.3 is 14.5 Å². The molecule has 3 rings (SSSR count). The first-order valence-corrected chi connectivity index (χ1v) is 10.7. The van der Waals surface area contributed by atoms with Gasteiger partial charge in [0.1, 0.15) is 0 Å². The molecule has 0 aromatic carbocycles. The third-order valence-corrected chi connectivity index (χ3v) is 6.24. The highest BCUT2D eigenvalue weighted by atomic mass is 32.1. The number of amides is 1. The van der Waals surface area contributed by atoms with Crippen LogP contribution in [0.4, 0.5) is 0 Å². The van der Waals surface area contributed by atoms with Gasteiger partial charge in [0.2, 0.25) is 5.91 Å². The van der Waals surface area contributed by atoms with Gasteiger partial charge in [-0.2, -0.15) is 0 Å². The van der Waals surface area contributed by atoms with Gasteiger partial charge in [-0.25, -0.2) is 0 Å². The van der Waals surface area contributed by atoms with Gasteiger partial charge in [0.25, 0.3) is 0 Å². The molecule has 1 aromatic heterocycles. The number of likely N-dealkylation sites (tertiary alicyclic amines) is 1. The quantitative estimate of drug-likeness (QED) is 0.687. The Bertz CT molecular complexity index is 564. The van der Waals surface area contributed by atoms with Crippen LogP contribution in [0.2, 0.25) is 0 Å². The van der Waals surface area contributed by atoms with Gasteiger partial charge in [-0.15, -0.1) is 11.3 Å². The Balaban J connectivity index is 1.43. The van der Waals surface area contributed by atoms with E-state index in [9.17, 15) is 4.79 Å². The fourth-order valence-electron chi connectivity index (χ4n) is 3.71. The van der Waals surface area contributed by atoms with Gasteiger partial charge in [-0.1, -0.05) is 20.3 Å². The Morgan fingerprint density at radius 1 is 1.24 bits per heavy atom. The molecule has 2 aliphatic rings. The predicted octanol–water partition coefficient (Wildman–Crippen LogP) is 3.93. The van der Waals surface area contributed by atoms with E-state index in [1.54, 1.807) is 11.3 Å². The average molecular weight is 365 g/mol. The molecule has 0 radical (unpaired) electrons. The summed E-state index contributed by atoms with van der Waals surface area (Å²) in [5.74, 6) is 0.714. The van der Waals surface area contributed by atoms with E-state index in [4.69, 9.17) is 4.74 Å². The Morgan fingerprint density at radius 2 is 2.04 bits per heavy atom. The molecule has 0 saturated carbocycles. The molecule has 4 nitrogen and oxygen atoms in total. The van der Waals surface area contributed by atoms with Gasteiger partial charge >= 0.3 is 0 Å². The molecule has 5 heteroatoms. The minimum absolute atomic E-state index is 0.288. The lowest BCUT2D eigenvalue weighted by Crippen LogP contribution is -2.35. The van der Waals surface area contributed by atoms with Crippen LogP contribution in [0.5, 0.6) is 5.06 Å². The molecular formula is C20H32N2O2S. The van der Waals surface area contributed by atoms with Crippen molar-refractivity contribution in [1.82, 2.24) is 9.80 Å². The van der Waals surface area contributed by atoms with Crippen LogP contribution in [0.3, 0.4) is 0 Å². The summed E-state index contributed by atoms with van der Waals surface area (Å²) in [6.07, 6.45) is 6.82. The van der Waals surface area contributed by atoms with E-state index in [0.717, 1.165) is 44.1 Å². The van der Waals surface area contributed by atoms with Crippen molar-refractivity contribution in [2.45, 2.75) is 58.9 Å². The monoisotopic (exact) mass is 364 g/mol. The predicted molar refractivity (Wildman–Crippen MR) is 103 cm³/mol. The molecule has 25 heavy (non-hydrogen) atoms. The molecule has 0 atom stereocenters. The number of hydrogen-bond acceptors (Lipinski definition) is 4. The first-order valence-electron chi connectivity index (χ1n) is 9.86. The SMILES string of the molecule is CC(C)CC(=O)N1CCc2sc(OCCCN3CCCCC3)cc2C1. The van der Waals surface area contributed by atoms with Crippen LogP contribution in [-0.2, 0) is 17.8 Å². The Labute approximate surface area is 156 Å². The molecule has 1 saturated heterocycles. The highest BCUT2D eigenvalue weighted by Gasteiger charge is 2.23. The van der Waals surface area contributed by atoms with Gasteiger partial charge in [0.15, 0.2) is 5.06 Å². The summed E-state index contributed by atoms with van der Waals surface area (Å²) in [6.45, 7) is 10.3. The fourth-order valence-corrected chi connectivity index (χ4v) is 4.75. The second-order valence-electron chi connectivity index (χ2n) is 7.78. The zero-order valence-corrected chi connectivity index (χ0v) is 16.6. The molecule has 1 amide bonds. The van der Waals surface area contributed by atoms with Crippen molar-refractivity contribution in [3.8, 4) is 5.06 Å². The summed E-state index contributed by atoms with van der Waals surface area (Å²) in [5.41, 5.74) is 1.29. The Kier molecular flexibility index (Phi) is 6.77. The third-order valence-electron chi connectivity index (χ3n) is 5.09. The van der Waals surface area contributed by atoms with Crippen LogP contribution in [0.1, 0.15) is 56.4 Å². The van der Waals surface area contributed by atoms with E-state index in [2.05, 4.69) is 24.8 Å². The first kappa shape index (κ1) is 18.7. The Hall–Kier alpha value is -1.07. The van der Waals surface area contributed by atoms with Crippen molar-refractivity contribution in [1.29, 1.82) is 0 Å². The molecule has 2 aliphatic heterocycles. The van der Waals surface area contributed by atoms with Gasteiger partial charge in [-0.05, 0) is 56.3 Å². The van der Waals surface area contributed by atoms with Crippen molar-refractivity contribution in [3.63, 3.8) is 0 Å².